The maximum atomic E-state index is 12.5. The number of aromatic nitrogens is 5. The Hall–Kier alpha value is -3.76. The molecule has 0 saturated carbocycles. The summed E-state index contributed by atoms with van der Waals surface area (Å²) in [5, 5.41) is 16.8. The van der Waals surface area contributed by atoms with Crippen molar-refractivity contribution in [3.8, 4) is 22.0 Å². The molecule has 1 aliphatic heterocycles. The lowest BCUT2D eigenvalue weighted by Gasteiger charge is -2.21. The number of aryl methyl sites for hydroxylation is 1. The van der Waals surface area contributed by atoms with Gasteiger partial charge in [0, 0.05) is 49.5 Å². The van der Waals surface area contributed by atoms with Crippen LogP contribution in [-0.4, -0.2) is 54.4 Å². The van der Waals surface area contributed by atoms with E-state index in [0.717, 1.165) is 21.8 Å². The molecule has 1 fully saturated rings. The molecule has 2 N–H and O–H groups in total. The van der Waals surface area contributed by atoms with Crippen LogP contribution in [0.15, 0.2) is 54.3 Å². The molecule has 1 amide bonds. The normalized spacial score (nSPS) is 17.9. The maximum absolute atomic E-state index is 12.5. The highest BCUT2D eigenvalue weighted by Gasteiger charge is 2.45. The highest BCUT2D eigenvalue weighted by molar-refractivity contribution is 7.13. The van der Waals surface area contributed by atoms with Crippen LogP contribution in [0.4, 0.5) is 5.95 Å². The number of aliphatic hydroxyl groups is 1. The van der Waals surface area contributed by atoms with Crippen molar-refractivity contribution in [2.24, 2.45) is 0 Å². The molecule has 10 heteroatoms. The number of nitrogens with one attached hydrogen (secondary N) is 1. The number of amides is 1. The van der Waals surface area contributed by atoms with E-state index >= 15 is 0 Å². The van der Waals surface area contributed by atoms with Gasteiger partial charge >= 0.3 is 0 Å². The Balaban J connectivity index is 1.35. The van der Waals surface area contributed by atoms with Crippen LogP contribution < -0.4 is 5.32 Å². The largest absolute Gasteiger partial charge is 0.375 e. The van der Waals surface area contributed by atoms with E-state index < -0.39 is 5.60 Å². The average molecular weight is 474 g/mol. The Bertz CT molecular complexity index is 1340. The molecule has 0 radical (unpaired) electrons. The van der Waals surface area contributed by atoms with Crippen LogP contribution in [-0.2, 0) is 16.9 Å². The Morgan fingerprint density at radius 2 is 1.97 bits per heavy atom. The summed E-state index contributed by atoms with van der Waals surface area (Å²) in [5.41, 5.74) is 2.35. The molecule has 4 aromatic rings. The number of nitrogens with zero attached hydrogens (tertiary/aromatic N) is 6. The minimum atomic E-state index is -1.49. The van der Waals surface area contributed by atoms with E-state index in [1.54, 1.807) is 42.7 Å². The van der Waals surface area contributed by atoms with Crippen molar-refractivity contribution < 1.29 is 9.90 Å². The fraction of sp³-hybridized carbons (Fsp3) is 0.250. The zero-order valence-corrected chi connectivity index (χ0v) is 19.6. The lowest BCUT2D eigenvalue weighted by atomic mass is 9.91. The number of hydrogen-bond acceptors (Lipinski definition) is 9. The number of carbonyl (C=O) groups excluding carboxylic acids is 1. The number of rotatable bonds is 6. The van der Waals surface area contributed by atoms with E-state index in [0.29, 0.717) is 42.5 Å². The third kappa shape index (κ3) is 4.25. The maximum Gasteiger partial charge on any atom is 0.258 e. The van der Waals surface area contributed by atoms with Gasteiger partial charge < -0.3 is 15.3 Å². The third-order valence-electron chi connectivity index (χ3n) is 5.76. The lowest BCUT2D eigenvalue weighted by Crippen LogP contribution is -2.36. The first kappa shape index (κ1) is 22.1. The highest BCUT2D eigenvalue weighted by Crippen LogP contribution is 2.36. The molecule has 5 rings (SSSR count). The first-order valence-corrected chi connectivity index (χ1v) is 11.7. The van der Waals surface area contributed by atoms with Crippen LogP contribution in [0, 0.1) is 6.92 Å². The molecule has 4 heterocycles. The quantitative estimate of drug-likeness (QED) is 0.439. The van der Waals surface area contributed by atoms with Crippen LogP contribution in [0.2, 0.25) is 0 Å². The average Bonchev–Trinajstić information content (AvgIpc) is 3.46. The van der Waals surface area contributed by atoms with Gasteiger partial charge in [0.1, 0.15) is 16.5 Å². The molecule has 0 bridgehead atoms. The Kier molecular flexibility index (Phi) is 5.76. The second kappa shape index (κ2) is 8.88. The molecule has 0 spiro atoms. The first-order chi connectivity index (χ1) is 16.4. The summed E-state index contributed by atoms with van der Waals surface area (Å²) in [5.74, 6) is 0.842. The van der Waals surface area contributed by atoms with Crippen molar-refractivity contribution in [1.29, 1.82) is 0 Å². The van der Waals surface area contributed by atoms with Crippen LogP contribution in [0.1, 0.15) is 23.4 Å². The molecule has 1 aromatic carbocycles. The molecular weight excluding hydrogens is 450 g/mol. The van der Waals surface area contributed by atoms with Crippen molar-refractivity contribution in [2.75, 3.05) is 18.9 Å². The van der Waals surface area contributed by atoms with Gasteiger partial charge in [0.25, 0.3) is 5.91 Å². The second-order valence-corrected chi connectivity index (χ2v) is 9.11. The molecule has 1 aliphatic rings. The van der Waals surface area contributed by atoms with Crippen molar-refractivity contribution in [3.05, 3.63) is 71.3 Å². The van der Waals surface area contributed by atoms with Crippen molar-refractivity contribution in [1.82, 2.24) is 29.8 Å². The van der Waals surface area contributed by atoms with Gasteiger partial charge in [-0.3, -0.25) is 4.79 Å². The summed E-state index contributed by atoms with van der Waals surface area (Å²) in [6.07, 6.45) is 5.59. The van der Waals surface area contributed by atoms with Crippen molar-refractivity contribution in [2.45, 2.75) is 25.5 Å². The predicted molar refractivity (Wildman–Crippen MR) is 129 cm³/mol. The second-order valence-electron chi connectivity index (χ2n) is 8.25. The van der Waals surface area contributed by atoms with E-state index in [-0.39, 0.29) is 5.91 Å². The van der Waals surface area contributed by atoms with Crippen LogP contribution in [0.5, 0.6) is 0 Å². The molecule has 34 heavy (non-hydrogen) atoms. The molecule has 1 saturated heterocycles. The fourth-order valence-corrected chi connectivity index (χ4v) is 4.62. The summed E-state index contributed by atoms with van der Waals surface area (Å²) in [4.78, 5) is 36.2. The Morgan fingerprint density at radius 1 is 1.15 bits per heavy atom. The fourth-order valence-electron chi connectivity index (χ4n) is 3.81. The van der Waals surface area contributed by atoms with Gasteiger partial charge in [0.2, 0.25) is 5.95 Å². The lowest BCUT2D eigenvalue weighted by molar-refractivity contribution is -0.143. The van der Waals surface area contributed by atoms with Crippen LogP contribution >= 0.6 is 11.3 Å². The summed E-state index contributed by atoms with van der Waals surface area (Å²) < 4.78 is 0. The molecule has 3 aromatic heterocycles. The standard InChI is InChI=1S/C24H23N7O2S/c1-15-11-26-20(27-12-15)13-28-23-25-8-6-18(30-23)19-14-34-21(29-19)16-4-3-5-17(10-16)24(33)7-9-31(2)22(24)32/h3-6,8,10-12,14,33H,7,9,13H2,1-2H3,(H,25,28,30). The van der Waals surface area contributed by atoms with Crippen LogP contribution in [0.3, 0.4) is 0 Å². The van der Waals surface area contributed by atoms with E-state index in [9.17, 15) is 9.90 Å². The third-order valence-corrected chi connectivity index (χ3v) is 6.65. The van der Waals surface area contributed by atoms with Gasteiger partial charge in [-0.15, -0.1) is 11.3 Å². The van der Waals surface area contributed by atoms with Gasteiger partial charge in [-0.05, 0) is 30.2 Å². The summed E-state index contributed by atoms with van der Waals surface area (Å²) in [6.45, 7) is 2.88. The smallest absolute Gasteiger partial charge is 0.258 e. The number of likely N-dealkylation sites (N-methyl/N-ethyl adjacent to an activating group) is 1. The highest BCUT2D eigenvalue weighted by atomic mass is 32.1. The monoisotopic (exact) mass is 473 g/mol. The molecule has 9 nitrogen and oxygen atoms in total. The van der Waals surface area contributed by atoms with E-state index in [1.165, 1.54) is 11.3 Å². The van der Waals surface area contributed by atoms with Crippen molar-refractivity contribution in [3.63, 3.8) is 0 Å². The number of anilines is 1. The minimum Gasteiger partial charge on any atom is -0.375 e. The van der Waals surface area contributed by atoms with Gasteiger partial charge in [-0.1, -0.05) is 18.2 Å². The van der Waals surface area contributed by atoms with Gasteiger partial charge in [0.15, 0.2) is 5.60 Å². The molecular formula is C24H23N7O2S. The molecule has 1 atom stereocenters. The minimum absolute atomic E-state index is 0.276. The topological polar surface area (TPSA) is 117 Å². The molecule has 1 unspecified atom stereocenters. The SMILES string of the molecule is Cc1cnc(CNc2nccc(-c3csc(-c4cccc(C5(O)CCN(C)C5=O)c4)n3)n2)nc1. The predicted octanol–water partition coefficient (Wildman–Crippen LogP) is 3.03. The number of carbonyl (C=O) groups is 1. The van der Waals surface area contributed by atoms with Crippen LogP contribution in [0.25, 0.3) is 22.0 Å². The van der Waals surface area contributed by atoms with Gasteiger partial charge in [-0.2, -0.15) is 0 Å². The first-order valence-electron chi connectivity index (χ1n) is 10.8. The number of benzene rings is 1. The van der Waals surface area contributed by atoms with E-state index in [4.69, 9.17) is 4.98 Å². The van der Waals surface area contributed by atoms with Gasteiger partial charge in [0.05, 0.1) is 12.2 Å². The van der Waals surface area contributed by atoms with E-state index in [2.05, 4.69) is 25.3 Å². The Labute approximate surface area is 200 Å². The number of hydrogen-bond donors (Lipinski definition) is 2. The Morgan fingerprint density at radius 3 is 2.74 bits per heavy atom. The molecule has 172 valence electrons. The zero-order chi connectivity index (χ0) is 23.7. The number of thiazole rings is 1. The summed E-state index contributed by atoms with van der Waals surface area (Å²) in [6, 6.07) is 9.20. The van der Waals surface area contributed by atoms with E-state index in [1.807, 2.05) is 30.5 Å². The zero-order valence-electron chi connectivity index (χ0n) is 18.8. The van der Waals surface area contributed by atoms with Gasteiger partial charge in [-0.25, -0.2) is 24.9 Å². The van der Waals surface area contributed by atoms with Crippen molar-refractivity contribution >= 4 is 23.2 Å². The number of likely N-dealkylation sites (tertiary alicyclic amines) is 1. The summed E-state index contributed by atoms with van der Waals surface area (Å²) >= 11 is 1.48. The summed E-state index contributed by atoms with van der Waals surface area (Å²) in [7, 11) is 1.70. The molecule has 0 aliphatic carbocycles.